The highest BCUT2D eigenvalue weighted by Gasteiger charge is 2.23. The van der Waals surface area contributed by atoms with Gasteiger partial charge in [-0.1, -0.05) is 0 Å². The number of rotatable bonds is 4. The Morgan fingerprint density at radius 1 is 1.44 bits per heavy atom. The Kier molecular flexibility index (Phi) is 3.00. The van der Waals surface area contributed by atoms with Crippen molar-refractivity contribution in [3.63, 3.8) is 0 Å². The van der Waals surface area contributed by atoms with Crippen LogP contribution in [0.5, 0.6) is 0 Å². The van der Waals surface area contributed by atoms with E-state index in [1.165, 1.54) is 4.68 Å². The van der Waals surface area contributed by atoms with Crippen molar-refractivity contribution in [2.45, 2.75) is 13.5 Å². The summed E-state index contributed by atoms with van der Waals surface area (Å²) >= 11 is 0. The third-order valence-corrected chi connectivity index (χ3v) is 2.73. The highest BCUT2D eigenvalue weighted by atomic mass is 16.6. The maximum Gasteiger partial charge on any atom is 0.333 e. The molecule has 0 saturated heterocycles. The largest absolute Gasteiger partial charge is 0.359 e. The van der Waals surface area contributed by atoms with Crippen LogP contribution in [0.1, 0.15) is 11.4 Å². The summed E-state index contributed by atoms with van der Waals surface area (Å²) in [5.41, 5.74) is 1.35. The van der Waals surface area contributed by atoms with Gasteiger partial charge in [0.05, 0.1) is 17.2 Å². The third-order valence-electron chi connectivity index (χ3n) is 2.73. The van der Waals surface area contributed by atoms with Crippen LogP contribution in [0.2, 0.25) is 0 Å². The van der Waals surface area contributed by atoms with Crippen LogP contribution in [0.15, 0.2) is 12.3 Å². The van der Waals surface area contributed by atoms with Crippen LogP contribution in [0.3, 0.4) is 0 Å². The number of nitro groups is 1. The predicted octanol–water partition coefficient (Wildman–Crippen LogP) is 0.982. The second-order valence-corrected chi connectivity index (χ2v) is 3.96. The molecule has 1 N–H and O–H groups in total. The summed E-state index contributed by atoms with van der Waals surface area (Å²) in [6.45, 7) is 2.07. The Morgan fingerprint density at radius 2 is 2.17 bits per heavy atom. The van der Waals surface area contributed by atoms with Crippen molar-refractivity contribution < 1.29 is 4.92 Å². The van der Waals surface area contributed by atoms with E-state index in [4.69, 9.17) is 0 Å². The van der Waals surface area contributed by atoms with E-state index < -0.39 is 4.92 Å². The molecule has 2 rings (SSSR count). The van der Waals surface area contributed by atoms with E-state index in [0.29, 0.717) is 18.1 Å². The second kappa shape index (κ2) is 4.47. The van der Waals surface area contributed by atoms with Crippen molar-refractivity contribution in [3.8, 4) is 0 Å². The number of hydrogen-bond donors (Lipinski definition) is 1. The molecule has 0 saturated carbocycles. The monoisotopic (exact) mass is 250 g/mol. The minimum atomic E-state index is -0.423. The van der Waals surface area contributed by atoms with Crippen LogP contribution in [0.25, 0.3) is 0 Å². The molecule has 8 heteroatoms. The molecule has 0 aliphatic carbocycles. The quantitative estimate of drug-likeness (QED) is 0.645. The zero-order valence-electron chi connectivity index (χ0n) is 10.4. The van der Waals surface area contributed by atoms with Gasteiger partial charge in [-0.25, -0.2) is 4.68 Å². The lowest BCUT2D eigenvalue weighted by Crippen LogP contribution is -2.09. The molecule has 0 bridgehead atoms. The molecule has 0 aliphatic rings. The molecule has 0 aliphatic heterocycles. The average Bonchev–Trinajstić information content (AvgIpc) is 2.79. The second-order valence-electron chi connectivity index (χ2n) is 3.96. The number of nitrogens with one attached hydrogen (secondary N) is 1. The zero-order valence-corrected chi connectivity index (χ0v) is 10.4. The first-order valence-corrected chi connectivity index (χ1v) is 5.39. The number of hydrogen-bond acceptors (Lipinski definition) is 5. The van der Waals surface area contributed by atoms with Crippen molar-refractivity contribution in [1.82, 2.24) is 19.6 Å². The van der Waals surface area contributed by atoms with Crippen molar-refractivity contribution in [2.75, 3.05) is 5.32 Å². The molecule has 0 amide bonds. The van der Waals surface area contributed by atoms with E-state index in [-0.39, 0.29) is 5.69 Å². The SMILES string of the molecule is Cc1nn(C)c(NCc2ccnn2C)c1[N+](=O)[O-]. The molecule has 0 spiro atoms. The summed E-state index contributed by atoms with van der Waals surface area (Å²) in [7, 11) is 3.49. The standard InChI is InChI=1S/C10H14N6O2/c1-7-9(16(17)18)10(15(3)13-7)11-6-8-4-5-12-14(8)2/h4-5,11H,6H2,1-3H3. The van der Waals surface area contributed by atoms with Crippen LogP contribution in [-0.2, 0) is 20.6 Å². The Labute approximate surface area is 103 Å². The van der Waals surface area contributed by atoms with E-state index in [1.54, 1.807) is 24.9 Å². The Balaban J connectivity index is 2.24. The number of anilines is 1. The lowest BCUT2D eigenvalue weighted by Gasteiger charge is -2.06. The lowest BCUT2D eigenvalue weighted by molar-refractivity contribution is -0.384. The van der Waals surface area contributed by atoms with Crippen LogP contribution < -0.4 is 5.32 Å². The molecule has 2 aromatic heterocycles. The molecular weight excluding hydrogens is 236 g/mol. The topological polar surface area (TPSA) is 90.8 Å². The van der Waals surface area contributed by atoms with E-state index in [2.05, 4.69) is 15.5 Å². The van der Waals surface area contributed by atoms with E-state index in [0.717, 1.165) is 5.69 Å². The van der Waals surface area contributed by atoms with Crippen molar-refractivity contribution in [3.05, 3.63) is 33.8 Å². The summed E-state index contributed by atoms with van der Waals surface area (Å²) in [6, 6.07) is 1.85. The van der Waals surface area contributed by atoms with Gasteiger partial charge in [0.2, 0.25) is 5.82 Å². The summed E-state index contributed by atoms with van der Waals surface area (Å²) in [5.74, 6) is 0.402. The van der Waals surface area contributed by atoms with Gasteiger partial charge in [0.1, 0.15) is 5.69 Å². The highest BCUT2D eigenvalue weighted by Crippen LogP contribution is 2.27. The van der Waals surface area contributed by atoms with Crippen LogP contribution in [-0.4, -0.2) is 24.5 Å². The van der Waals surface area contributed by atoms with Crippen molar-refractivity contribution in [1.29, 1.82) is 0 Å². The normalized spacial score (nSPS) is 10.6. The zero-order chi connectivity index (χ0) is 13.3. The fraction of sp³-hybridized carbons (Fsp3) is 0.400. The van der Waals surface area contributed by atoms with Gasteiger partial charge in [0, 0.05) is 20.3 Å². The van der Waals surface area contributed by atoms with Gasteiger partial charge in [-0.2, -0.15) is 10.2 Å². The van der Waals surface area contributed by atoms with E-state index in [1.807, 2.05) is 13.1 Å². The summed E-state index contributed by atoms with van der Waals surface area (Å²) in [5, 5.41) is 22.1. The first-order chi connectivity index (χ1) is 8.50. The first-order valence-electron chi connectivity index (χ1n) is 5.39. The summed E-state index contributed by atoms with van der Waals surface area (Å²) in [6.07, 6.45) is 1.68. The smallest absolute Gasteiger partial charge is 0.333 e. The molecule has 0 unspecified atom stereocenters. The number of aromatic nitrogens is 4. The fourth-order valence-corrected chi connectivity index (χ4v) is 1.81. The molecule has 0 atom stereocenters. The molecular formula is C10H14N6O2. The minimum Gasteiger partial charge on any atom is -0.359 e. The van der Waals surface area contributed by atoms with Gasteiger partial charge < -0.3 is 5.32 Å². The van der Waals surface area contributed by atoms with Gasteiger partial charge in [-0.05, 0) is 13.0 Å². The summed E-state index contributed by atoms with van der Waals surface area (Å²) < 4.78 is 3.19. The van der Waals surface area contributed by atoms with Gasteiger partial charge in [0.15, 0.2) is 0 Å². The predicted molar refractivity (Wildman–Crippen MR) is 65.1 cm³/mol. The highest BCUT2D eigenvalue weighted by molar-refractivity contribution is 5.59. The molecule has 8 nitrogen and oxygen atoms in total. The summed E-state index contributed by atoms with van der Waals surface area (Å²) in [4.78, 5) is 10.6. The van der Waals surface area contributed by atoms with E-state index in [9.17, 15) is 10.1 Å². The number of aryl methyl sites for hydroxylation is 3. The lowest BCUT2D eigenvalue weighted by atomic mass is 10.3. The fourth-order valence-electron chi connectivity index (χ4n) is 1.81. The maximum atomic E-state index is 11.0. The van der Waals surface area contributed by atoms with Crippen molar-refractivity contribution >= 4 is 11.5 Å². The number of nitrogens with zero attached hydrogens (tertiary/aromatic N) is 5. The van der Waals surface area contributed by atoms with Crippen LogP contribution in [0.4, 0.5) is 11.5 Å². The Hall–Kier alpha value is -2.38. The van der Waals surface area contributed by atoms with Crippen LogP contribution in [0, 0.1) is 17.0 Å². The van der Waals surface area contributed by atoms with Gasteiger partial charge in [-0.3, -0.25) is 14.8 Å². The molecule has 18 heavy (non-hydrogen) atoms. The van der Waals surface area contributed by atoms with E-state index >= 15 is 0 Å². The molecule has 96 valence electrons. The Morgan fingerprint density at radius 3 is 2.72 bits per heavy atom. The molecule has 0 fully saturated rings. The molecule has 0 radical (unpaired) electrons. The maximum absolute atomic E-state index is 11.0. The van der Waals surface area contributed by atoms with Gasteiger partial charge >= 0.3 is 5.69 Å². The first kappa shape index (κ1) is 12.1. The minimum absolute atomic E-state index is 0.0136. The molecule has 2 heterocycles. The molecule has 2 aromatic rings. The molecule has 0 aromatic carbocycles. The van der Waals surface area contributed by atoms with Gasteiger partial charge in [-0.15, -0.1) is 0 Å². The van der Waals surface area contributed by atoms with Crippen LogP contribution >= 0.6 is 0 Å². The third kappa shape index (κ3) is 2.04. The average molecular weight is 250 g/mol. The van der Waals surface area contributed by atoms with Crippen molar-refractivity contribution in [2.24, 2.45) is 14.1 Å². The van der Waals surface area contributed by atoms with Gasteiger partial charge in [0.25, 0.3) is 0 Å². The Bertz CT molecular complexity index is 585.